The average Bonchev–Trinajstić information content (AvgIpc) is 2.70. The van der Waals surface area contributed by atoms with E-state index >= 15 is 0 Å². The maximum Gasteiger partial charge on any atom is 0.210 e. The molecule has 4 rings (SSSR count). The van der Waals surface area contributed by atoms with Gasteiger partial charge in [-0.25, -0.2) is 9.98 Å². The van der Waals surface area contributed by atoms with Crippen LogP contribution in [0.1, 0.15) is 37.7 Å². The maximum absolute atomic E-state index is 6.74. The first-order valence-corrected chi connectivity index (χ1v) is 9.21. The number of rotatable bonds is 3. The highest BCUT2D eigenvalue weighted by atomic mass is 15.4. The van der Waals surface area contributed by atoms with Gasteiger partial charge in [-0.2, -0.15) is 0 Å². The highest BCUT2D eigenvalue weighted by Gasteiger charge is 2.38. The molecule has 1 aliphatic carbocycles. The van der Waals surface area contributed by atoms with Crippen LogP contribution in [0.2, 0.25) is 0 Å². The Morgan fingerprint density at radius 3 is 2.42 bits per heavy atom. The lowest BCUT2D eigenvalue weighted by molar-refractivity contribution is 0.219. The van der Waals surface area contributed by atoms with E-state index in [0.29, 0.717) is 5.96 Å². The number of anilines is 1. The molecule has 0 amide bonds. The molecular formula is C20H24N6. The Hall–Kier alpha value is -2.73. The van der Waals surface area contributed by atoms with Gasteiger partial charge in [0.1, 0.15) is 5.84 Å². The third-order valence-corrected chi connectivity index (χ3v) is 5.01. The number of benzene rings is 1. The number of pyridine rings is 1. The lowest BCUT2D eigenvalue weighted by Gasteiger charge is -2.37. The fourth-order valence-electron chi connectivity index (χ4n) is 3.63. The van der Waals surface area contributed by atoms with Gasteiger partial charge in [0, 0.05) is 29.6 Å². The predicted molar refractivity (Wildman–Crippen MR) is 105 cm³/mol. The van der Waals surface area contributed by atoms with E-state index in [1.54, 1.807) is 12.4 Å². The van der Waals surface area contributed by atoms with Crippen molar-refractivity contribution < 1.29 is 0 Å². The number of aliphatic imine (C=N–C) groups is 2. The molecule has 0 spiro atoms. The van der Waals surface area contributed by atoms with E-state index in [0.717, 1.165) is 29.9 Å². The Morgan fingerprint density at radius 2 is 1.69 bits per heavy atom. The van der Waals surface area contributed by atoms with Crippen LogP contribution in [-0.2, 0) is 0 Å². The van der Waals surface area contributed by atoms with E-state index in [1.165, 1.54) is 19.3 Å². The van der Waals surface area contributed by atoms with Crippen LogP contribution in [0.15, 0.2) is 64.8 Å². The van der Waals surface area contributed by atoms with Crippen molar-refractivity contribution in [3.63, 3.8) is 0 Å². The summed E-state index contributed by atoms with van der Waals surface area (Å²) in [5.41, 5.74) is 8.65. The van der Waals surface area contributed by atoms with E-state index in [-0.39, 0.29) is 5.92 Å². The van der Waals surface area contributed by atoms with Gasteiger partial charge in [-0.05, 0) is 25.0 Å². The highest BCUT2D eigenvalue weighted by Crippen LogP contribution is 2.34. The number of hydrogen-bond donors (Lipinski definition) is 3. The van der Waals surface area contributed by atoms with Gasteiger partial charge in [-0.15, -0.1) is 0 Å². The predicted octanol–water partition coefficient (Wildman–Crippen LogP) is 3.09. The fourth-order valence-corrected chi connectivity index (χ4v) is 3.63. The van der Waals surface area contributed by atoms with Crippen LogP contribution >= 0.6 is 0 Å². The van der Waals surface area contributed by atoms with Gasteiger partial charge in [0.15, 0.2) is 0 Å². The van der Waals surface area contributed by atoms with Gasteiger partial charge in [0.05, 0.1) is 0 Å². The standard InChI is InChI=1S/C20H24N6/c21-20(16-9-5-2-6-10-16)25-18(15-7-3-1-4-8-15)24-19(26-20)23-17-11-13-22-14-12-17/h1,3-4,7-8,11-14,16H,2,5-6,9-10,21H2,(H2,22,23,24,25,26). The topological polar surface area (TPSA) is 87.7 Å². The van der Waals surface area contributed by atoms with E-state index in [9.17, 15) is 0 Å². The number of hydrogen-bond acceptors (Lipinski definition) is 6. The Bertz CT molecular complexity index is 796. The first-order chi connectivity index (χ1) is 12.7. The number of nitrogens with two attached hydrogens (primary N) is 1. The number of aromatic nitrogens is 1. The van der Waals surface area contributed by atoms with Gasteiger partial charge in [-0.3, -0.25) is 10.7 Å². The summed E-state index contributed by atoms with van der Waals surface area (Å²) >= 11 is 0. The van der Waals surface area contributed by atoms with Crippen LogP contribution in [0.3, 0.4) is 0 Å². The van der Waals surface area contributed by atoms with Crippen LogP contribution in [0.5, 0.6) is 0 Å². The van der Waals surface area contributed by atoms with Crippen molar-refractivity contribution in [3.05, 3.63) is 60.4 Å². The van der Waals surface area contributed by atoms with Gasteiger partial charge >= 0.3 is 0 Å². The van der Waals surface area contributed by atoms with Crippen molar-refractivity contribution in [2.24, 2.45) is 21.6 Å². The maximum atomic E-state index is 6.74. The Morgan fingerprint density at radius 1 is 0.962 bits per heavy atom. The van der Waals surface area contributed by atoms with E-state index in [4.69, 9.17) is 15.7 Å². The number of amidine groups is 1. The van der Waals surface area contributed by atoms with Crippen molar-refractivity contribution in [1.82, 2.24) is 10.3 Å². The molecule has 4 N–H and O–H groups in total. The summed E-state index contributed by atoms with van der Waals surface area (Å²) in [5.74, 6) is 0.696. The normalized spacial score (nSPS) is 23.6. The average molecular weight is 348 g/mol. The molecule has 26 heavy (non-hydrogen) atoms. The lowest BCUT2D eigenvalue weighted by atomic mass is 9.84. The van der Waals surface area contributed by atoms with E-state index < -0.39 is 5.79 Å². The monoisotopic (exact) mass is 348 g/mol. The van der Waals surface area contributed by atoms with Crippen molar-refractivity contribution in [1.29, 1.82) is 0 Å². The van der Waals surface area contributed by atoms with Gasteiger partial charge in [-0.1, -0.05) is 49.6 Å². The second-order valence-corrected chi connectivity index (χ2v) is 6.89. The first kappa shape index (κ1) is 16.7. The van der Waals surface area contributed by atoms with Crippen LogP contribution < -0.4 is 16.4 Å². The second-order valence-electron chi connectivity index (χ2n) is 6.89. The van der Waals surface area contributed by atoms with Crippen LogP contribution in [-0.4, -0.2) is 22.6 Å². The fraction of sp³-hybridized carbons (Fsp3) is 0.350. The van der Waals surface area contributed by atoms with E-state index in [1.807, 2.05) is 42.5 Å². The smallest absolute Gasteiger partial charge is 0.210 e. The van der Waals surface area contributed by atoms with Crippen molar-refractivity contribution in [3.8, 4) is 0 Å². The molecule has 6 heteroatoms. The SMILES string of the molecule is NC1(C2CCCCC2)N=C(Nc2ccncc2)NC(c2ccccc2)=N1. The van der Waals surface area contributed by atoms with Crippen molar-refractivity contribution in [2.75, 3.05) is 5.32 Å². The molecule has 6 nitrogen and oxygen atoms in total. The summed E-state index contributed by atoms with van der Waals surface area (Å²) in [5, 5.41) is 6.61. The molecule has 1 fully saturated rings. The molecule has 0 saturated heterocycles. The third-order valence-electron chi connectivity index (χ3n) is 5.01. The summed E-state index contributed by atoms with van der Waals surface area (Å²) in [6, 6.07) is 13.9. The zero-order valence-corrected chi connectivity index (χ0v) is 14.7. The Kier molecular flexibility index (Phi) is 4.67. The van der Waals surface area contributed by atoms with Gasteiger partial charge in [0.2, 0.25) is 11.7 Å². The molecule has 1 aromatic carbocycles. The molecular weight excluding hydrogens is 324 g/mol. The summed E-state index contributed by atoms with van der Waals surface area (Å²) in [6.07, 6.45) is 9.27. The largest absolute Gasteiger partial charge is 0.326 e. The first-order valence-electron chi connectivity index (χ1n) is 9.21. The van der Waals surface area contributed by atoms with Crippen molar-refractivity contribution in [2.45, 2.75) is 37.9 Å². The molecule has 1 aliphatic heterocycles. The van der Waals surface area contributed by atoms with Crippen LogP contribution in [0, 0.1) is 5.92 Å². The molecule has 134 valence electrons. The van der Waals surface area contributed by atoms with Gasteiger partial charge in [0.25, 0.3) is 0 Å². The Balaban J connectivity index is 1.68. The zero-order valence-electron chi connectivity index (χ0n) is 14.7. The highest BCUT2D eigenvalue weighted by molar-refractivity contribution is 6.13. The quantitative estimate of drug-likeness (QED) is 0.795. The third kappa shape index (κ3) is 3.60. The number of nitrogens with zero attached hydrogens (tertiary/aromatic N) is 3. The molecule has 2 heterocycles. The summed E-state index contributed by atoms with van der Waals surface area (Å²) in [7, 11) is 0. The second kappa shape index (κ2) is 7.25. The summed E-state index contributed by atoms with van der Waals surface area (Å²) in [4.78, 5) is 13.7. The minimum atomic E-state index is -0.938. The summed E-state index contributed by atoms with van der Waals surface area (Å²) in [6.45, 7) is 0. The van der Waals surface area contributed by atoms with Crippen molar-refractivity contribution >= 4 is 17.5 Å². The molecule has 1 aromatic heterocycles. The molecule has 1 unspecified atom stereocenters. The number of guanidine groups is 1. The summed E-state index contributed by atoms with van der Waals surface area (Å²) < 4.78 is 0. The zero-order chi connectivity index (χ0) is 17.8. The lowest BCUT2D eigenvalue weighted by Crippen LogP contribution is -2.53. The van der Waals surface area contributed by atoms with E-state index in [2.05, 4.69) is 15.6 Å². The minimum absolute atomic E-state index is 0.256. The molecule has 1 saturated carbocycles. The molecule has 2 aliphatic rings. The molecule has 0 bridgehead atoms. The molecule has 0 radical (unpaired) electrons. The molecule has 2 aromatic rings. The Labute approximate surface area is 153 Å². The van der Waals surface area contributed by atoms with Crippen LogP contribution in [0.25, 0.3) is 0 Å². The molecule has 1 atom stereocenters. The number of nitrogens with one attached hydrogen (secondary N) is 2. The minimum Gasteiger partial charge on any atom is -0.326 e. The van der Waals surface area contributed by atoms with Gasteiger partial charge < -0.3 is 10.6 Å². The van der Waals surface area contributed by atoms with Crippen LogP contribution in [0.4, 0.5) is 5.69 Å².